The van der Waals surface area contributed by atoms with E-state index in [-0.39, 0.29) is 0 Å². The van der Waals surface area contributed by atoms with Crippen LogP contribution >= 0.6 is 0 Å². The maximum absolute atomic E-state index is 6.30. The molecule has 2 aliphatic rings. The summed E-state index contributed by atoms with van der Waals surface area (Å²) in [5.41, 5.74) is 4.30. The number of benzene rings is 2. The predicted octanol–water partition coefficient (Wildman–Crippen LogP) is 3.93. The molecule has 0 saturated carbocycles. The Morgan fingerprint density at radius 3 is 2.39 bits per heavy atom. The molecule has 0 amide bonds. The van der Waals surface area contributed by atoms with Gasteiger partial charge in [-0.15, -0.1) is 0 Å². The average molecular weight is 305 g/mol. The maximum Gasteiger partial charge on any atom is 0.196 e. The van der Waals surface area contributed by atoms with Crippen LogP contribution in [-0.2, 0) is 4.74 Å². The van der Waals surface area contributed by atoms with E-state index in [0.29, 0.717) is 0 Å². The maximum atomic E-state index is 6.30. The summed E-state index contributed by atoms with van der Waals surface area (Å²) in [4.78, 5) is 2.22. The minimum Gasteiger partial charge on any atom is -0.440 e. The summed E-state index contributed by atoms with van der Waals surface area (Å²) in [7, 11) is 0. The Kier molecular flexibility index (Phi) is 3.64. The second-order valence-corrected chi connectivity index (χ2v) is 5.76. The number of rotatable bonds is 2. The van der Waals surface area contributed by atoms with Crippen LogP contribution in [0.25, 0.3) is 16.7 Å². The zero-order valence-corrected chi connectivity index (χ0v) is 13.0. The van der Waals surface area contributed by atoms with Crippen LogP contribution in [0.4, 0.5) is 0 Å². The molecule has 1 saturated heterocycles. The highest BCUT2D eigenvalue weighted by Gasteiger charge is 2.24. The second-order valence-electron chi connectivity index (χ2n) is 5.76. The Morgan fingerprint density at radius 1 is 0.870 bits per heavy atom. The van der Waals surface area contributed by atoms with E-state index in [1.165, 1.54) is 0 Å². The summed E-state index contributed by atoms with van der Waals surface area (Å²) in [5.74, 6) is 1.77. The Bertz CT molecular complexity index is 758. The molecule has 0 atom stereocenters. The number of hydrogen-bond donors (Lipinski definition) is 0. The van der Waals surface area contributed by atoms with E-state index < -0.39 is 0 Å². The number of allylic oxidation sites excluding steroid dienone is 2. The van der Waals surface area contributed by atoms with Crippen LogP contribution < -0.4 is 4.74 Å². The van der Waals surface area contributed by atoms with E-state index in [1.54, 1.807) is 0 Å². The van der Waals surface area contributed by atoms with Crippen molar-refractivity contribution >= 4 is 5.57 Å². The highest BCUT2D eigenvalue weighted by atomic mass is 16.5. The van der Waals surface area contributed by atoms with Crippen molar-refractivity contribution < 1.29 is 9.47 Å². The largest absolute Gasteiger partial charge is 0.440 e. The van der Waals surface area contributed by atoms with E-state index in [0.717, 1.165) is 60.2 Å². The van der Waals surface area contributed by atoms with Crippen LogP contribution in [-0.4, -0.2) is 31.2 Å². The van der Waals surface area contributed by atoms with Gasteiger partial charge in [-0.3, -0.25) is 0 Å². The number of fused-ring (bicyclic) bond motifs is 1. The fourth-order valence-electron chi connectivity index (χ4n) is 3.05. The lowest BCUT2D eigenvalue weighted by Crippen LogP contribution is -2.37. The molecular formula is C20H19NO2. The monoisotopic (exact) mass is 305 g/mol. The van der Waals surface area contributed by atoms with E-state index in [2.05, 4.69) is 41.8 Å². The smallest absolute Gasteiger partial charge is 0.196 e. The zero-order valence-electron chi connectivity index (χ0n) is 13.0. The number of para-hydroxylation sites is 1. The Balaban J connectivity index is 1.74. The Morgan fingerprint density at radius 2 is 1.61 bits per heavy atom. The molecule has 23 heavy (non-hydrogen) atoms. The molecule has 4 rings (SSSR count). The first-order valence-corrected chi connectivity index (χ1v) is 7.93. The van der Waals surface area contributed by atoms with Gasteiger partial charge in [-0.2, -0.15) is 0 Å². The van der Waals surface area contributed by atoms with E-state index in [4.69, 9.17) is 9.47 Å². The van der Waals surface area contributed by atoms with Gasteiger partial charge in [-0.1, -0.05) is 55.1 Å². The minimum atomic E-state index is 0.736. The third kappa shape index (κ3) is 2.64. The first-order valence-electron chi connectivity index (χ1n) is 7.93. The van der Waals surface area contributed by atoms with Gasteiger partial charge in [-0.25, -0.2) is 0 Å². The fourth-order valence-corrected chi connectivity index (χ4v) is 3.05. The first-order chi connectivity index (χ1) is 11.3. The van der Waals surface area contributed by atoms with Crippen LogP contribution in [0.3, 0.4) is 0 Å². The minimum absolute atomic E-state index is 0.736. The summed E-state index contributed by atoms with van der Waals surface area (Å²) >= 11 is 0. The second kappa shape index (κ2) is 5.94. The van der Waals surface area contributed by atoms with Crippen molar-refractivity contribution in [1.29, 1.82) is 0 Å². The van der Waals surface area contributed by atoms with Crippen molar-refractivity contribution in [3.63, 3.8) is 0 Å². The van der Waals surface area contributed by atoms with Crippen LogP contribution in [0.2, 0.25) is 0 Å². The zero-order chi connectivity index (χ0) is 15.6. The van der Waals surface area contributed by atoms with Gasteiger partial charge in [0.25, 0.3) is 0 Å². The molecule has 0 N–H and O–H groups in total. The molecule has 2 aromatic rings. The van der Waals surface area contributed by atoms with E-state index in [1.807, 2.05) is 24.3 Å². The summed E-state index contributed by atoms with van der Waals surface area (Å²) in [6.07, 6.45) is 2.03. The van der Waals surface area contributed by atoms with Crippen molar-refractivity contribution in [2.45, 2.75) is 0 Å². The van der Waals surface area contributed by atoms with Gasteiger partial charge in [0.2, 0.25) is 0 Å². The van der Waals surface area contributed by atoms with Gasteiger partial charge >= 0.3 is 0 Å². The third-order valence-corrected chi connectivity index (χ3v) is 4.27. The molecule has 3 heteroatoms. The van der Waals surface area contributed by atoms with Gasteiger partial charge in [0.1, 0.15) is 5.75 Å². The average Bonchev–Trinajstić information content (AvgIpc) is 2.63. The summed E-state index contributed by atoms with van der Waals surface area (Å²) < 4.78 is 11.7. The van der Waals surface area contributed by atoms with Crippen molar-refractivity contribution in [1.82, 2.24) is 4.90 Å². The number of ether oxygens (including phenoxy) is 2. The first kappa shape index (κ1) is 14.1. The highest BCUT2D eigenvalue weighted by molar-refractivity contribution is 5.85. The Hall–Kier alpha value is -2.52. The normalized spacial score (nSPS) is 17.3. The summed E-state index contributed by atoms with van der Waals surface area (Å²) in [6, 6.07) is 16.6. The van der Waals surface area contributed by atoms with Crippen LogP contribution in [0.1, 0.15) is 5.56 Å². The molecule has 0 aromatic heterocycles. The summed E-state index contributed by atoms with van der Waals surface area (Å²) in [6.45, 7) is 7.39. The van der Waals surface area contributed by atoms with Crippen molar-refractivity contribution in [2.24, 2.45) is 0 Å². The molecule has 116 valence electrons. The molecule has 0 radical (unpaired) electrons. The molecule has 2 aliphatic heterocycles. The third-order valence-electron chi connectivity index (χ3n) is 4.27. The lowest BCUT2D eigenvalue weighted by atomic mass is 9.96. The molecule has 0 aliphatic carbocycles. The van der Waals surface area contributed by atoms with Crippen molar-refractivity contribution in [3.05, 3.63) is 72.6 Å². The number of hydrogen-bond acceptors (Lipinski definition) is 3. The lowest BCUT2D eigenvalue weighted by Gasteiger charge is -2.33. The molecule has 0 unspecified atom stereocenters. The van der Waals surface area contributed by atoms with Crippen molar-refractivity contribution in [2.75, 3.05) is 26.3 Å². The summed E-state index contributed by atoms with van der Waals surface area (Å²) in [5, 5.41) is 0. The topological polar surface area (TPSA) is 21.7 Å². The SMILES string of the molecule is C=C1C=C(N2CCOCC2)Oc2c1cccc2-c1ccccc1. The molecule has 1 fully saturated rings. The van der Waals surface area contributed by atoms with Gasteiger partial charge in [0.05, 0.1) is 13.2 Å². The quantitative estimate of drug-likeness (QED) is 0.839. The molecule has 2 heterocycles. The predicted molar refractivity (Wildman–Crippen MR) is 92.0 cm³/mol. The van der Waals surface area contributed by atoms with Gasteiger partial charge < -0.3 is 14.4 Å². The standard InChI is InChI=1S/C20H19NO2/c1-15-14-19(21-10-12-22-13-11-21)23-20-17(15)8-5-9-18(20)16-6-3-2-4-7-16/h2-9,14H,1,10-13H2. The highest BCUT2D eigenvalue weighted by Crippen LogP contribution is 2.41. The number of morpholine rings is 1. The molecular weight excluding hydrogens is 286 g/mol. The van der Waals surface area contributed by atoms with Crippen LogP contribution in [0.5, 0.6) is 5.75 Å². The molecule has 0 bridgehead atoms. The molecule has 2 aromatic carbocycles. The van der Waals surface area contributed by atoms with Crippen molar-refractivity contribution in [3.8, 4) is 16.9 Å². The molecule has 0 spiro atoms. The Labute approximate surface area is 136 Å². The van der Waals surface area contributed by atoms with Crippen LogP contribution in [0.15, 0.2) is 67.1 Å². The fraction of sp³-hybridized carbons (Fsp3) is 0.200. The molecule has 3 nitrogen and oxygen atoms in total. The van der Waals surface area contributed by atoms with Crippen LogP contribution in [0, 0.1) is 0 Å². The van der Waals surface area contributed by atoms with Gasteiger partial charge in [0, 0.05) is 30.3 Å². The van der Waals surface area contributed by atoms with Gasteiger partial charge in [-0.05, 0) is 11.1 Å². The van der Waals surface area contributed by atoms with E-state index in [9.17, 15) is 0 Å². The van der Waals surface area contributed by atoms with Gasteiger partial charge in [0.15, 0.2) is 5.88 Å². The number of nitrogens with zero attached hydrogens (tertiary/aromatic N) is 1. The lowest BCUT2D eigenvalue weighted by molar-refractivity contribution is 0.0347. The van der Waals surface area contributed by atoms with E-state index >= 15 is 0 Å².